The molecule has 5 heteroatoms. The van der Waals surface area contributed by atoms with E-state index in [1.54, 1.807) is 0 Å². The second-order valence-corrected chi connectivity index (χ2v) is 7.30. The highest BCUT2D eigenvalue weighted by Gasteiger charge is 2.30. The third-order valence-corrected chi connectivity index (χ3v) is 5.43. The first-order valence-electron chi connectivity index (χ1n) is 9.82. The molecule has 0 bridgehead atoms. The highest BCUT2D eigenvalue weighted by Crippen LogP contribution is 2.19. The van der Waals surface area contributed by atoms with Crippen molar-refractivity contribution >= 4 is 12.0 Å². The molecule has 2 aliphatic rings. The van der Waals surface area contributed by atoms with E-state index in [1.807, 2.05) is 11.0 Å². The number of aliphatic hydroxyl groups excluding tert-OH is 1. The van der Waals surface area contributed by atoms with Crippen LogP contribution in [0.3, 0.4) is 0 Å². The smallest absolute Gasteiger partial charge is 0.227 e. The Morgan fingerprint density at radius 2 is 1.85 bits per heavy atom. The van der Waals surface area contributed by atoms with E-state index in [1.165, 1.54) is 5.56 Å². The lowest BCUT2D eigenvalue weighted by Crippen LogP contribution is -2.52. The molecule has 2 aliphatic heterocycles. The minimum atomic E-state index is 0.111. The molecule has 26 heavy (non-hydrogen) atoms. The number of amides is 1. The average Bonchev–Trinajstić information content (AvgIpc) is 2.69. The van der Waals surface area contributed by atoms with Crippen molar-refractivity contribution in [2.75, 3.05) is 59.0 Å². The lowest BCUT2D eigenvalue weighted by atomic mass is 9.96. The molecule has 1 aromatic rings. The van der Waals surface area contributed by atoms with E-state index in [0.29, 0.717) is 12.5 Å². The summed E-state index contributed by atoms with van der Waals surface area (Å²) in [5.74, 6) is 0.423. The molecule has 2 saturated heterocycles. The Balaban J connectivity index is 1.41. The van der Waals surface area contributed by atoms with E-state index in [0.717, 1.165) is 58.7 Å². The Morgan fingerprint density at radius 3 is 2.58 bits per heavy atom. The van der Waals surface area contributed by atoms with Gasteiger partial charge >= 0.3 is 0 Å². The molecular formula is C21H31N3O2. The highest BCUT2D eigenvalue weighted by atomic mass is 16.3. The Labute approximate surface area is 156 Å². The van der Waals surface area contributed by atoms with Gasteiger partial charge in [0.2, 0.25) is 5.91 Å². The molecule has 2 heterocycles. The van der Waals surface area contributed by atoms with Gasteiger partial charge in [-0.3, -0.25) is 9.69 Å². The van der Waals surface area contributed by atoms with Crippen LogP contribution in [0.2, 0.25) is 0 Å². The number of hydrogen-bond acceptors (Lipinski definition) is 4. The molecule has 142 valence electrons. The number of rotatable bonds is 6. The van der Waals surface area contributed by atoms with Crippen molar-refractivity contribution in [2.45, 2.75) is 12.8 Å². The van der Waals surface area contributed by atoms with Crippen molar-refractivity contribution in [2.24, 2.45) is 5.92 Å². The van der Waals surface area contributed by atoms with Crippen molar-refractivity contribution in [1.82, 2.24) is 14.7 Å². The van der Waals surface area contributed by atoms with Crippen LogP contribution in [0.1, 0.15) is 18.4 Å². The van der Waals surface area contributed by atoms with Crippen LogP contribution in [0.15, 0.2) is 36.4 Å². The minimum absolute atomic E-state index is 0.111. The number of carbonyl (C=O) groups is 1. The van der Waals surface area contributed by atoms with E-state index in [-0.39, 0.29) is 12.5 Å². The molecule has 1 amide bonds. The van der Waals surface area contributed by atoms with Crippen LogP contribution in [-0.2, 0) is 4.79 Å². The Bertz CT molecular complexity index is 580. The van der Waals surface area contributed by atoms with E-state index in [9.17, 15) is 4.79 Å². The van der Waals surface area contributed by atoms with Crippen LogP contribution >= 0.6 is 0 Å². The summed E-state index contributed by atoms with van der Waals surface area (Å²) < 4.78 is 0. The Morgan fingerprint density at radius 1 is 1.08 bits per heavy atom. The number of β-amino-alcohol motifs (C(OH)–C–C–N with tert-alkyl or cyclic N) is 1. The van der Waals surface area contributed by atoms with Gasteiger partial charge < -0.3 is 14.9 Å². The number of aliphatic hydroxyl groups is 1. The topological polar surface area (TPSA) is 47.0 Å². The highest BCUT2D eigenvalue weighted by molar-refractivity contribution is 5.79. The van der Waals surface area contributed by atoms with E-state index in [2.05, 4.69) is 46.2 Å². The number of carbonyl (C=O) groups excluding carboxylic acids is 1. The molecule has 0 radical (unpaired) electrons. The standard InChI is InChI=1S/C21H31N3O2/c25-17-16-23-11-5-9-20(18-23)21(26)24-14-12-22(13-15-24)10-4-8-19-6-2-1-3-7-19/h1-4,6-8,20,25H,5,9-18H2/b8-4+/t20-/m0/s1. The molecule has 0 unspecified atom stereocenters. The number of hydrogen-bond donors (Lipinski definition) is 1. The molecule has 5 nitrogen and oxygen atoms in total. The lowest BCUT2D eigenvalue weighted by Gasteiger charge is -2.38. The molecule has 1 aromatic carbocycles. The molecular weight excluding hydrogens is 326 g/mol. The first kappa shape index (κ1) is 19.1. The van der Waals surface area contributed by atoms with Gasteiger partial charge in [-0.2, -0.15) is 0 Å². The van der Waals surface area contributed by atoms with Crippen LogP contribution in [0.4, 0.5) is 0 Å². The molecule has 3 rings (SSSR count). The normalized spacial score (nSPS) is 22.8. The third kappa shape index (κ3) is 5.40. The van der Waals surface area contributed by atoms with Gasteiger partial charge in [0.05, 0.1) is 12.5 Å². The summed E-state index contributed by atoms with van der Waals surface area (Å²) in [6.07, 6.45) is 6.41. The lowest BCUT2D eigenvalue weighted by molar-refractivity contribution is -0.139. The quantitative estimate of drug-likeness (QED) is 0.839. The Hall–Kier alpha value is -1.69. The maximum absolute atomic E-state index is 12.8. The predicted octanol–water partition coefficient (Wildman–Crippen LogP) is 1.55. The van der Waals surface area contributed by atoms with Crippen LogP contribution in [0.25, 0.3) is 6.08 Å². The molecule has 0 aliphatic carbocycles. The maximum Gasteiger partial charge on any atom is 0.227 e. The van der Waals surface area contributed by atoms with Gasteiger partial charge in [-0.05, 0) is 24.9 Å². The fraction of sp³-hybridized carbons (Fsp3) is 0.571. The van der Waals surface area contributed by atoms with Gasteiger partial charge in [-0.15, -0.1) is 0 Å². The number of likely N-dealkylation sites (tertiary alicyclic amines) is 1. The van der Waals surface area contributed by atoms with Crippen LogP contribution in [0.5, 0.6) is 0 Å². The number of piperidine rings is 1. The average molecular weight is 357 g/mol. The van der Waals surface area contributed by atoms with Gasteiger partial charge in [-0.25, -0.2) is 0 Å². The molecule has 2 fully saturated rings. The van der Waals surface area contributed by atoms with Crippen molar-refractivity contribution in [3.05, 3.63) is 42.0 Å². The first-order valence-corrected chi connectivity index (χ1v) is 9.82. The van der Waals surface area contributed by atoms with Crippen molar-refractivity contribution < 1.29 is 9.90 Å². The fourth-order valence-corrected chi connectivity index (χ4v) is 3.91. The zero-order valence-corrected chi connectivity index (χ0v) is 15.6. The summed E-state index contributed by atoms with van der Waals surface area (Å²) in [7, 11) is 0. The zero-order chi connectivity index (χ0) is 18.2. The maximum atomic E-state index is 12.8. The van der Waals surface area contributed by atoms with Crippen LogP contribution in [-0.4, -0.2) is 84.7 Å². The van der Waals surface area contributed by atoms with Gasteiger partial charge in [0.25, 0.3) is 0 Å². The second kappa shape index (κ2) is 9.86. The SMILES string of the molecule is O=C([C@H]1CCCN(CCO)C1)N1CCN(C/C=C/c2ccccc2)CC1. The number of benzene rings is 1. The van der Waals surface area contributed by atoms with Gasteiger partial charge in [0.15, 0.2) is 0 Å². The minimum Gasteiger partial charge on any atom is -0.395 e. The molecule has 0 saturated carbocycles. The molecule has 0 spiro atoms. The van der Waals surface area contributed by atoms with Crippen molar-refractivity contribution in [3.63, 3.8) is 0 Å². The summed E-state index contributed by atoms with van der Waals surface area (Å²) in [6.45, 7) is 7.15. The van der Waals surface area contributed by atoms with Gasteiger partial charge in [0.1, 0.15) is 0 Å². The largest absolute Gasteiger partial charge is 0.395 e. The van der Waals surface area contributed by atoms with Gasteiger partial charge in [0, 0.05) is 45.8 Å². The van der Waals surface area contributed by atoms with E-state index < -0.39 is 0 Å². The third-order valence-electron chi connectivity index (χ3n) is 5.43. The molecule has 1 N–H and O–H groups in total. The van der Waals surface area contributed by atoms with Crippen LogP contribution in [0, 0.1) is 5.92 Å². The number of piperazine rings is 1. The van der Waals surface area contributed by atoms with Crippen LogP contribution < -0.4 is 0 Å². The summed E-state index contributed by atoms with van der Waals surface area (Å²) in [5.41, 5.74) is 1.23. The summed E-state index contributed by atoms with van der Waals surface area (Å²) >= 11 is 0. The van der Waals surface area contributed by atoms with Crippen molar-refractivity contribution in [3.8, 4) is 0 Å². The summed E-state index contributed by atoms with van der Waals surface area (Å²) in [6, 6.07) is 10.4. The number of nitrogens with zero attached hydrogens (tertiary/aromatic N) is 3. The molecule has 1 atom stereocenters. The zero-order valence-electron chi connectivity index (χ0n) is 15.6. The Kier molecular flexibility index (Phi) is 7.23. The summed E-state index contributed by atoms with van der Waals surface area (Å²) in [5, 5.41) is 9.12. The fourth-order valence-electron chi connectivity index (χ4n) is 3.91. The van der Waals surface area contributed by atoms with Crippen molar-refractivity contribution in [1.29, 1.82) is 0 Å². The summed E-state index contributed by atoms with van der Waals surface area (Å²) in [4.78, 5) is 19.5. The van der Waals surface area contributed by atoms with Gasteiger partial charge in [-0.1, -0.05) is 42.5 Å². The second-order valence-electron chi connectivity index (χ2n) is 7.30. The van der Waals surface area contributed by atoms with E-state index >= 15 is 0 Å². The monoisotopic (exact) mass is 357 g/mol. The molecule has 0 aromatic heterocycles. The van der Waals surface area contributed by atoms with E-state index in [4.69, 9.17) is 5.11 Å². The predicted molar refractivity (Wildman–Crippen MR) is 105 cm³/mol. The first-order chi connectivity index (χ1) is 12.8.